The van der Waals surface area contributed by atoms with Crippen LogP contribution in [0.15, 0.2) is 36.5 Å². The van der Waals surface area contributed by atoms with Crippen LogP contribution >= 0.6 is 11.8 Å². The third kappa shape index (κ3) is 3.47. The third-order valence-corrected chi connectivity index (χ3v) is 7.23. The molecule has 1 aromatic heterocycles. The molecule has 3 saturated heterocycles. The molecule has 0 aliphatic carbocycles. The maximum atomic E-state index is 12.7. The lowest BCUT2D eigenvalue weighted by Crippen LogP contribution is -2.51. The van der Waals surface area contributed by atoms with Gasteiger partial charge in [0.15, 0.2) is 0 Å². The van der Waals surface area contributed by atoms with Crippen molar-refractivity contribution in [1.82, 2.24) is 20.1 Å². The van der Waals surface area contributed by atoms with E-state index in [1.54, 1.807) is 0 Å². The van der Waals surface area contributed by atoms with Gasteiger partial charge in [0.05, 0.1) is 17.4 Å². The zero-order valence-corrected chi connectivity index (χ0v) is 16.9. The lowest BCUT2D eigenvalue weighted by atomic mass is 10.1. The van der Waals surface area contributed by atoms with Gasteiger partial charge in [-0.05, 0) is 18.6 Å². The Bertz CT molecular complexity index is 842. The number of para-hydroxylation sites is 1. The van der Waals surface area contributed by atoms with Gasteiger partial charge in [0, 0.05) is 68.3 Å². The number of pyridine rings is 1. The van der Waals surface area contributed by atoms with Gasteiger partial charge in [-0.3, -0.25) is 14.7 Å². The minimum absolute atomic E-state index is 0.00544. The first-order valence-corrected chi connectivity index (χ1v) is 11.4. The van der Waals surface area contributed by atoms with Gasteiger partial charge in [-0.15, -0.1) is 11.8 Å². The highest BCUT2D eigenvalue weighted by Crippen LogP contribution is 2.27. The molecular formula is C21H27N5OS. The monoisotopic (exact) mass is 397 g/mol. The number of aromatic nitrogens is 1. The van der Waals surface area contributed by atoms with E-state index in [1.165, 1.54) is 11.1 Å². The van der Waals surface area contributed by atoms with Crippen molar-refractivity contribution in [3.05, 3.63) is 36.5 Å². The number of carbonyl (C=O) groups excluding carboxylic acids is 1. The van der Waals surface area contributed by atoms with Crippen molar-refractivity contribution in [3.8, 4) is 0 Å². The quantitative estimate of drug-likeness (QED) is 0.850. The van der Waals surface area contributed by atoms with Gasteiger partial charge < -0.3 is 15.1 Å². The zero-order chi connectivity index (χ0) is 18.9. The average molecular weight is 398 g/mol. The molecule has 7 heteroatoms. The smallest absolute Gasteiger partial charge is 0.240 e. The molecule has 1 aromatic carbocycles. The summed E-state index contributed by atoms with van der Waals surface area (Å²) in [6, 6.07) is 11.0. The normalized spacial score (nSPS) is 26.3. The number of piperazine rings is 1. The summed E-state index contributed by atoms with van der Waals surface area (Å²) in [7, 11) is 0. The molecule has 0 saturated carbocycles. The van der Waals surface area contributed by atoms with Crippen molar-refractivity contribution in [1.29, 1.82) is 0 Å². The summed E-state index contributed by atoms with van der Waals surface area (Å²) < 4.78 is 0. The molecule has 148 valence electrons. The van der Waals surface area contributed by atoms with Crippen molar-refractivity contribution >= 4 is 34.3 Å². The molecule has 6 nitrogen and oxygen atoms in total. The molecule has 1 N–H and O–H groups in total. The largest absolute Gasteiger partial charge is 0.368 e. The molecular weight excluding hydrogens is 370 g/mol. The van der Waals surface area contributed by atoms with Crippen molar-refractivity contribution in [2.24, 2.45) is 0 Å². The first kappa shape index (κ1) is 18.2. The Morgan fingerprint density at radius 3 is 2.79 bits per heavy atom. The molecule has 3 aliphatic heterocycles. The molecule has 2 aromatic rings. The molecule has 2 atom stereocenters. The summed E-state index contributed by atoms with van der Waals surface area (Å²) in [5.74, 6) is 2.24. The van der Waals surface area contributed by atoms with Gasteiger partial charge >= 0.3 is 0 Å². The maximum Gasteiger partial charge on any atom is 0.240 e. The van der Waals surface area contributed by atoms with Gasteiger partial charge in [0.2, 0.25) is 5.91 Å². The molecule has 0 unspecified atom stereocenters. The van der Waals surface area contributed by atoms with Crippen molar-refractivity contribution in [3.63, 3.8) is 0 Å². The number of hydrogen-bond acceptors (Lipinski definition) is 6. The van der Waals surface area contributed by atoms with Crippen LogP contribution < -0.4 is 10.2 Å². The van der Waals surface area contributed by atoms with E-state index in [4.69, 9.17) is 0 Å². The molecule has 0 radical (unpaired) electrons. The predicted molar refractivity (Wildman–Crippen MR) is 115 cm³/mol. The molecule has 3 fully saturated rings. The highest BCUT2D eigenvalue weighted by Gasteiger charge is 2.36. The Morgan fingerprint density at radius 1 is 1.11 bits per heavy atom. The van der Waals surface area contributed by atoms with E-state index in [0.29, 0.717) is 11.9 Å². The minimum atomic E-state index is 0.00544. The summed E-state index contributed by atoms with van der Waals surface area (Å²) in [5.41, 5.74) is 2.35. The number of hydrogen-bond donors (Lipinski definition) is 1. The number of carbonyl (C=O) groups is 1. The summed E-state index contributed by atoms with van der Waals surface area (Å²) in [6.07, 6.45) is 2.86. The number of anilines is 1. The fourth-order valence-electron chi connectivity index (χ4n) is 4.68. The van der Waals surface area contributed by atoms with E-state index in [1.807, 2.05) is 28.9 Å². The molecule has 4 heterocycles. The second-order valence-electron chi connectivity index (χ2n) is 7.86. The Morgan fingerprint density at radius 2 is 1.96 bits per heavy atom. The third-order valence-electron chi connectivity index (χ3n) is 6.27. The number of thioether (sulfide) groups is 1. The molecule has 5 rings (SSSR count). The van der Waals surface area contributed by atoms with E-state index < -0.39 is 0 Å². The van der Waals surface area contributed by atoms with E-state index in [-0.39, 0.29) is 6.04 Å². The second kappa shape index (κ2) is 7.89. The molecule has 0 bridgehead atoms. The van der Waals surface area contributed by atoms with E-state index in [2.05, 4.69) is 44.4 Å². The fraction of sp³-hybridized carbons (Fsp3) is 0.524. The van der Waals surface area contributed by atoms with Crippen LogP contribution in [0.1, 0.15) is 6.42 Å². The summed E-state index contributed by atoms with van der Waals surface area (Å²) in [4.78, 5) is 24.2. The number of amides is 1. The number of fused-ring (bicyclic) bond motifs is 1. The first-order valence-electron chi connectivity index (χ1n) is 10.2. The lowest BCUT2D eigenvalue weighted by molar-refractivity contribution is -0.131. The predicted octanol–water partition coefficient (Wildman–Crippen LogP) is 1.62. The van der Waals surface area contributed by atoms with E-state index in [9.17, 15) is 4.79 Å². The first-order chi connectivity index (χ1) is 13.8. The van der Waals surface area contributed by atoms with Crippen LogP contribution in [0, 0.1) is 0 Å². The van der Waals surface area contributed by atoms with Gasteiger partial charge in [-0.25, -0.2) is 0 Å². The Hall–Kier alpha value is -1.83. The number of benzene rings is 1. The van der Waals surface area contributed by atoms with Crippen LogP contribution in [0.2, 0.25) is 0 Å². The Labute approximate surface area is 170 Å². The number of nitrogens with one attached hydrogen (secondary N) is 1. The molecule has 3 aliphatic rings. The summed E-state index contributed by atoms with van der Waals surface area (Å²) >= 11 is 1.85. The van der Waals surface area contributed by atoms with Crippen LogP contribution in [-0.2, 0) is 4.79 Å². The summed E-state index contributed by atoms with van der Waals surface area (Å²) in [6.45, 7) is 5.96. The second-order valence-corrected chi connectivity index (χ2v) is 8.93. The Balaban J connectivity index is 1.20. The van der Waals surface area contributed by atoms with Gasteiger partial charge in [0.1, 0.15) is 0 Å². The molecule has 1 amide bonds. The van der Waals surface area contributed by atoms with Crippen molar-refractivity contribution in [2.45, 2.75) is 18.5 Å². The van der Waals surface area contributed by atoms with Crippen molar-refractivity contribution < 1.29 is 4.79 Å². The zero-order valence-electron chi connectivity index (χ0n) is 16.1. The van der Waals surface area contributed by atoms with Gasteiger partial charge in [0.25, 0.3) is 0 Å². The van der Waals surface area contributed by atoms with Crippen LogP contribution in [-0.4, -0.2) is 83.7 Å². The van der Waals surface area contributed by atoms with Crippen LogP contribution in [0.4, 0.5) is 5.69 Å². The van der Waals surface area contributed by atoms with E-state index in [0.717, 1.165) is 62.8 Å². The Kier molecular flexibility index (Phi) is 5.13. The minimum Gasteiger partial charge on any atom is -0.368 e. The number of nitrogens with zero attached hydrogens (tertiary/aromatic N) is 4. The fourth-order valence-corrected chi connectivity index (χ4v) is 5.63. The highest BCUT2D eigenvalue weighted by atomic mass is 32.2. The topological polar surface area (TPSA) is 51.7 Å². The molecule has 0 spiro atoms. The van der Waals surface area contributed by atoms with Gasteiger partial charge in [-0.2, -0.15) is 0 Å². The van der Waals surface area contributed by atoms with Crippen LogP contribution in [0.25, 0.3) is 10.9 Å². The molecule has 28 heavy (non-hydrogen) atoms. The van der Waals surface area contributed by atoms with Crippen LogP contribution in [0.3, 0.4) is 0 Å². The maximum absolute atomic E-state index is 12.7. The van der Waals surface area contributed by atoms with Gasteiger partial charge in [-0.1, -0.05) is 18.2 Å². The van der Waals surface area contributed by atoms with Crippen LogP contribution in [0.5, 0.6) is 0 Å². The van der Waals surface area contributed by atoms with E-state index >= 15 is 0 Å². The summed E-state index contributed by atoms with van der Waals surface area (Å²) in [5, 5.41) is 4.72. The van der Waals surface area contributed by atoms with Crippen molar-refractivity contribution in [2.75, 3.05) is 55.8 Å². The average Bonchev–Trinajstić information content (AvgIpc) is 3.45. The highest BCUT2D eigenvalue weighted by molar-refractivity contribution is 7.99. The number of rotatable bonds is 3. The standard InChI is InChI=1S/C21H27N5OS/c27-21(26-11-12-28-15-26)19-13-16(14-23-19)24-7-9-25(10-8-24)20-5-6-22-18-4-2-1-3-17(18)20/h1-6,16,19,23H,7-15H2/t16-,19-/m0/s1. The lowest BCUT2D eigenvalue weighted by Gasteiger charge is -2.39. The SMILES string of the molecule is O=C([C@@H]1C[C@H](N2CCN(c3ccnc4ccccc34)CC2)CN1)N1CCSC1.